The monoisotopic (exact) mass is 244 g/mol. The fourth-order valence-electron chi connectivity index (χ4n) is 3.49. The van der Waals surface area contributed by atoms with E-state index in [-0.39, 0.29) is 0 Å². The molecule has 1 aliphatic carbocycles. The molecule has 2 fully saturated rings. The predicted octanol–water partition coefficient (Wildman–Crippen LogP) is 2.45. The van der Waals surface area contributed by atoms with Crippen molar-refractivity contribution in [1.29, 1.82) is 0 Å². The van der Waals surface area contributed by atoms with Gasteiger partial charge in [0.1, 0.15) is 0 Å². The molecule has 0 amide bonds. The summed E-state index contributed by atoms with van der Waals surface area (Å²) < 4.78 is 0. The molecule has 0 spiro atoms. The van der Waals surface area contributed by atoms with Crippen LogP contribution in [0.15, 0.2) is 30.3 Å². The van der Waals surface area contributed by atoms with E-state index < -0.39 is 0 Å². The highest BCUT2D eigenvalue weighted by atomic mass is 15.2. The van der Waals surface area contributed by atoms with Gasteiger partial charge >= 0.3 is 0 Å². The molecule has 98 valence electrons. The normalized spacial score (nSPS) is 26.6. The number of nitrogens with one attached hydrogen (secondary N) is 1. The van der Waals surface area contributed by atoms with Crippen LogP contribution >= 0.6 is 0 Å². The number of hydrogen-bond acceptors (Lipinski definition) is 2. The molecule has 1 heterocycles. The number of benzene rings is 1. The highest BCUT2D eigenvalue weighted by molar-refractivity contribution is 5.16. The Kier molecular flexibility index (Phi) is 3.96. The highest BCUT2D eigenvalue weighted by Crippen LogP contribution is 2.24. The number of nitrogens with zero attached hydrogens (tertiary/aromatic N) is 1. The van der Waals surface area contributed by atoms with E-state index in [1.165, 1.54) is 50.8 Å². The van der Waals surface area contributed by atoms with Gasteiger partial charge in [-0.15, -0.1) is 0 Å². The topological polar surface area (TPSA) is 15.3 Å². The Morgan fingerprint density at radius 1 is 1.11 bits per heavy atom. The first-order valence-corrected chi connectivity index (χ1v) is 7.43. The average Bonchev–Trinajstić information content (AvgIpc) is 2.94. The zero-order chi connectivity index (χ0) is 12.2. The fraction of sp³-hybridized carbons (Fsp3) is 0.625. The van der Waals surface area contributed by atoms with Crippen LogP contribution in [0.25, 0.3) is 0 Å². The zero-order valence-corrected chi connectivity index (χ0v) is 11.1. The van der Waals surface area contributed by atoms with Crippen LogP contribution in [0.1, 0.15) is 31.2 Å². The minimum atomic E-state index is 0.641. The van der Waals surface area contributed by atoms with Gasteiger partial charge < -0.3 is 5.32 Å². The molecule has 3 rings (SSSR count). The van der Waals surface area contributed by atoms with E-state index in [0.717, 1.165) is 12.6 Å². The Morgan fingerprint density at radius 2 is 1.89 bits per heavy atom. The van der Waals surface area contributed by atoms with Crippen molar-refractivity contribution < 1.29 is 0 Å². The molecule has 1 N–H and O–H groups in total. The molecule has 1 atom stereocenters. The van der Waals surface area contributed by atoms with Crippen molar-refractivity contribution in [3.63, 3.8) is 0 Å². The molecule has 1 unspecified atom stereocenters. The van der Waals surface area contributed by atoms with Gasteiger partial charge in [-0.2, -0.15) is 0 Å². The Morgan fingerprint density at radius 3 is 2.67 bits per heavy atom. The molecule has 2 nitrogen and oxygen atoms in total. The van der Waals surface area contributed by atoms with Crippen LogP contribution in [0.3, 0.4) is 0 Å². The number of piperazine rings is 1. The van der Waals surface area contributed by atoms with Crippen molar-refractivity contribution >= 4 is 0 Å². The van der Waals surface area contributed by atoms with Crippen molar-refractivity contribution in [2.45, 2.75) is 44.2 Å². The van der Waals surface area contributed by atoms with E-state index in [2.05, 4.69) is 40.5 Å². The SMILES string of the molecule is c1ccc(CC2CN(C3CCCC3)CCN2)cc1. The van der Waals surface area contributed by atoms with Gasteiger partial charge in [-0.3, -0.25) is 4.90 Å². The summed E-state index contributed by atoms with van der Waals surface area (Å²) >= 11 is 0. The van der Waals surface area contributed by atoms with Gasteiger partial charge in [0.2, 0.25) is 0 Å². The standard InChI is InChI=1S/C16H24N2/c1-2-6-14(7-3-1)12-15-13-18(11-10-17-15)16-8-4-5-9-16/h1-3,6-7,15-17H,4-5,8-13H2. The first kappa shape index (κ1) is 12.2. The lowest BCUT2D eigenvalue weighted by Gasteiger charge is -2.37. The second kappa shape index (κ2) is 5.85. The predicted molar refractivity (Wildman–Crippen MR) is 75.8 cm³/mol. The maximum atomic E-state index is 3.68. The van der Waals surface area contributed by atoms with E-state index in [1.54, 1.807) is 0 Å². The molecule has 2 aliphatic rings. The molecule has 0 aromatic heterocycles. The second-order valence-corrected chi connectivity index (χ2v) is 5.77. The van der Waals surface area contributed by atoms with Crippen LogP contribution in [0.2, 0.25) is 0 Å². The summed E-state index contributed by atoms with van der Waals surface area (Å²) in [4.78, 5) is 2.73. The van der Waals surface area contributed by atoms with E-state index >= 15 is 0 Å². The molecule has 1 aliphatic heterocycles. The van der Waals surface area contributed by atoms with Crippen LogP contribution in [-0.4, -0.2) is 36.6 Å². The summed E-state index contributed by atoms with van der Waals surface area (Å²) in [6, 6.07) is 12.4. The Hall–Kier alpha value is -0.860. The molecular formula is C16H24N2. The molecule has 1 aromatic rings. The van der Waals surface area contributed by atoms with Gasteiger partial charge in [0.15, 0.2) is 0 Å². The third kappa shape index (κ3) is 2.93. The third-order valence-electron chi connectivity index (χ3n) is 4.45. The van der Waals surface area contributed by atoms with Crippen molar-refractivity contribution in [2.24, 2.45) is 0 Å². The molecule has 0 radical (unpaired) electrons. The highest BCUT2D eigenvalue weighted by Gasteiger charge is 2.27. The van der Waals surface area contributed by atoms with Crippen LogP contribution in [0.4, 0.5) is 0 Å². The van der Waals surface area contributed by atoms with E-state index in [1.807, 2.05) is 0 Å². The van der Waals surface area contributed by atoms with E-state index in [0.29, 0.717) is 6.04 Å². The molecular weight excluding hydrogens is 220 g/mol. The molecule has 2 heteroatoms. The molecule has 1 saturated heterocycles. The summed E-state index contributed by atoms with van der Waals surface area (Å²) in [5.41, 5.74) is 1.46. The van der Waals surface area contributed by atoms with Gasteiger partial charge in [-0.05, 0) is 24.8 Å². The number of rotatable bonds is 3. The number of hydrogen-bond donors (Lipinski definition) is 1. The first-order valence-electron chi connectivity index (χ1n) is 7.43. The summed E-state index contributed by atoms with van der Waals surface area (Å²) in [6.07, 6.45) is 6.91. The van der Waals surface area contributed by atoms with Gasteiger partial charge in [-0.1, -0.05) is 43.2 Å². The van der Waals surface area contributed by atoms with Gasteiger partial charge in [0.05, 0.1) is 0 Å². The minimum absolute atomic E-state index is 0.641. The average molecular weight is 244 g/mol. The fourth-order valence-corrected chi connectivity index (χ4v) is 3.49. The third-order valence-corrected chi connectivity index (χ3v) is 4.45. The van der Waals surface area contributed by atoms with Crippen molar-refractivity contribution in [3.8, 4) is 0 Å². The van der Waals surface area contributed by atoms with Crippen LogP contribution < -0.4 is 5.32 Å². The maximum Gasteiger partial charge on any atom is 0.0236 e. The lowest BCUT2D eigenvalue weighted by Crippen LogP contribution is -2.54. The summed E-state index contributed by atoms with van der Waals surface area (Å²) in [5, 5.41) is 3.68. The molecule has 0 bridgehead atoms. The minimum Gasteiger partial charge on any atom is -0.311 e. The Bertz CT molecular complexity index is 357. The maximum absolute atomic E-state index is 3.68. The summed E-state index contributed by atoms with van der Waals surface area (Å²) in [7, 11) is 0. The van der Waals surface area contributed by atoms with Crippen LogP contribution in [0, 0.1) is 0 Å². The molecule has 1 saturated carbocycles. The van der Waals surface area contributed by atoms with Crippen molar-refractivity contribution in [2.75, 3.05) is 19.6 Å². The van der Waals surface area contributed by atoms with Gasteiger partial charge in [0, 0.05) is 31.7 Å². The lowest BCUT2D eigenvalue weighted by atomic mass is 10.0. The second-order valence-electron chi connectivity index (χ2n) is 5.77. The summed E-state index contributed by atoms with van der Waals surface area (Å²) in [5.74, 6) is 0. The largest absolute Gasteiger partial charge is 0.311 e. The smallest absolute Gasteiger partial charge is 0.0236 e. The molecule has 1 aromatic carbocycles. The molecule has 18 heavy (non-hydrogen) atoms. The Labute approximate surface area is 110 Å². The van der Waals surface area contributed by atoms with E-state index in [4.69, 9.17) is 0 Å². The van der Waals surface area contributed by atoms with Crippen LogP contribution in [0.5, 0.6) is 0 Å². The lowest BCUT2D eigenvalue weighted by molar-refractivity contribution is 0.145. The zero-order valence-electron chi connectivity index (χ0n) is 11.1. The van der Waals surface area contributed by atoms with E-state index in [9.17, 15) is 0 Å². The Balaban J connectivity index is 1.56. The first-order chi connectivity index (χ1) is 8.92. The van der Waals surface area contributed by atoms with Crippen molar-refractivity contribution in [3.05, 3.63) is 35.9 Å². The van der Waals surface area contributed by atoms with Crippen molar-refractivity contribution in [1.82, 2.24) is 10.2 Å². The van der Waals surface area contributed by atoms with Crippen LogP contribution in [-0.2, 0) is 6.42 Å². The quantitative estimate of drug-likeness (QED) is 0.878. The summed E-state index contributed by atoms with van der Waals surface area (Å²) in [6.45, 7) is 3.64. The van der Waals surface area contributed by atoms with Gasteiger partial charge in [-0.25, -0.2) is 0 Å². The van der Waals surface area contributed by atoms with Gasteiger partial charge in [0.25, 0.3) is 0 Å².